The Morgan fingerprint density at radius 2 is 1.60 bits per heavy atom. The fourth-order valence-corrected chi connectivity index (χ4v) is 1.88. The molecule has 0 radical (unpaired) electrons. The minimum atomic E-state index is -1.36. The molecule has 2 rings (SSSR count). The van der Waals surface area contributed by atoms with Crippen molar-refractivity contribution in [2.24, 2.45) is 0 Å². The number of carboxylic acids is 1. The second-order valence-corrected chi connectivity index (χ2v) is 4.59. The van der Waals surface area contributed by atoms with E-state index < -0.39 is 11.9 Å². The summed E-state index contributed by atoms with van der Waals surface area (Å²) >= 11 is 0. The predicted octanol–water partition coefficient (Wildman–Crippen LogP) is 1.92. The van der Waals surface area contributed by atoms with Gasteiger partial charge in [-0.05, 0) is 43.2 Å². The number of nitrogens with one attached hydrogen (secondary N) is 1. The number of rotatable bonds is 3. The van der Waals surface area contributed by atoms with Crippen LogP contribution in [0.2, 0.25) is 0 Å². The van der Waals surface area contributed by atoms with E-state index in [4.69, 9.17) is 0 Å². The Balaban J connectivity index is 2.28. The third kappa shape index (κ3) is 2.85. The zero-order chi connectivity index (χ0) is 14.7. The van der Waals surface area contributed by atoms with Gasteiger partial charge in [-0.3, -0.25) is 4.79 Å². The highest BCUT2D eigenvalue weighted by atomic mass is 16.4. The summed E-state index contributed by atoms with van der Waals surface area (Å²) in [6, 6.07) is 11.5. The van der Waals surface area contributed by atoms with Crippen LogP contribution < -0.4 is 10.4 Å². The predicted molar refractivity (Wildman–Crippen MR) is 74.6 cm³/mol. The number of carboxylic acid groups (broad SMARTS) is 1. The number of anilines is 1. The number of hydrogen-bond acceptors (Lipinski definition) is 3. The van der Waals surface area contributed by atoms with Crippen molar-refractivity contribution >= 4 is 17.6 Å². The molecule has 0 aliphatic rings. The summed E-state index contributed by atoms with van der Waals surface area (Å²) in [5.74, 6) is -1.83. The molecule has 20 heavy (non-hydrogen) atoms. The van der Waals surface area contributed by atoms with Crippen molar-refractivity contribution in [2.45, 2.75) is 13.8 Å². The van der Waals surface area contributed by atoms with Gasteiger partial charge in [0.15, 0.2) is 0 Å². The number of benzene rings is 2. The molecule has 0 saturated heterocycles. The quantitative estimate of drug-likeness (QED) is 0.924. The summed E-state index contributed by atoms with van der Waals surface area (Å²) in [6.45, 7) is 3.92. The standard InChI is InChI=1S/C16H15NO3/c1-10-7-8-12(9-11(10)2)17-15(18)13-5-3-4-6-14(13)16(19)20/h3-9H,1-2H3,(H,17,18)(H,19,20)/p-1. The third-order valence-corrected chi connectivity index (χ3v) is 3.16. The van der Waals surface area contributed by atoms with Crippen LogP contribution in [0.5, 0.6) is 0 Å². The lowest BCUT2D eigenvalue weighted by atomic mass is 10.1. The first-order valence-electron chi connectivity index (χ1n) is 6.18. The number of hydrogen-bond donors (Lipinski definition) is 1. The van der Waals surface area contributed by atoms with Gasteiger partial charge in [-0.25, -0.2) is 0 Å². The van der Waals surface area contributed by atoms with Crippen LogP contribution in [0.25, 0.3) is 0 Å². The molecule has 0 unspecified atom stereocenters. The van der Waals surface area contributed by atoms with E-state index in [1.807, 2.05) is 26.0 Å². The van der Waals surface area contributed by atoms with Gasteiger partial charge in [-0.15, -0.1) is 0 Å². The van der Waals surface area contributed by atoms with Crippen LogP contribution in [0.15, 0.2) is 42.5 Å². The van der Waals surface area contributed by atoms with Crippen molar-refractivity contribution in [1.82, 2.24) is 0 Å². The van der Waals surface area contributed by atoms with Crippen LogP contribution in [-0.2, 0) is 0 Å². The Bertz CT molecular complexity index is 677. The molecular formula is C16H14NO3-. The summed E-state index contributed by atoms with van der Waals surface area (Å²) < 4.78 is 0. The molecule has 0 bridgehead atoms. The molecule has 0 atom stereocenters. The molecule has 0 heterocycles. The van der Waals surface area contributed by atoms with Gasteiger partial charge in [0.2, 0.25) is 0 Å². The summed E-state index contributed by atoms with van der Waals surface area (Å²) in [6.07, 6.45) is 0. The van der Waals surface area contributed by atoms with Gasteiger partial charge in [-0.2, -0.15) is 0 Å². The van der Waals surface area contributed by atoms with Crippen molar-refractivity contribution in [3.05, 3.63) is 64.7 Å². The van der Waals surface area contributed by atoms with Crippen molar-refractivity contribution in [3.8, 4) is 0 Å². The lowest BCUT2D eigenvalue weighted by Gasteiger charge is -2.11. The average molecular weight is 268 g/mol. The SMILES string of the molecule is Cc1ccc(NC(=O)c2ccccc2C(=O)[O-])cc1C. The second-order valence-electron chi connectivity index (χ2n) is 4.59. The minimum Gasteiger partial charge on any atom is -0.545 e. The molecule has 0 aliphatic heterocycles. The Morgan fingerprint density at radius 3 is 2.20 bits per heavy atom. The average Bonchev–Trinajstić information content (AvgIpc) is 2.43. The van der Waals surface area contributed by atoms with E-state index in [0.717, 1.165) is 11.1 Å². The monoisotopic (exact) mass is 268 g/mol. The van der Waals surface area contributed by atoms with Crippen molar-refractivity contribution in [1.29, 1.82) is 0 Å². The number of aromatic carboxylic acids is 1. The van der Waals surface area contributed by atoms with Gasteiger partial charge in [0.1, 0.15) is 0 Å². The highest BCUT2D eigenvalue weighted by Crippen LogP contribution is 2.16. The van der Waals surface area contributed by atoms with Gasteiger partial charge in [0.05, 0.1) is 5.97 Å². The van der Waals surface area contributed by atoms with Crippen LogP contribution in [0.1, 0.15) is 31.8 Å². The van der Waals surface area contributed by atoms with Crippen molar-refractivity contribution < 1.29 is 14.7 Å². The summed E-state index contributed by atoms with van der Waals surface area (Å²) in [7, 11) is 0. The smallest absolute Gasteiger partial charge is 0.256 e. The van der Waals surface area contributed by atoms with Crippen LogP contribution in [0.3, 0.4) is 0 Å². The van der Waals surface area contributed by atoms with E-state index in [-0.39, 0.29) is 11.1 Å². The zero-order valence-corrected chi connectivity index (χ0v) is 11.3. The third-order valence-electron chi connectivity index (χ3n) is 3.16. The fourth-order valence-electron chi connectivity index (χ4n) is 1.88. The molecule has 4 heteroatoms. The van der Waals surface area contributed by atoms with Crippen molar-refractivity contribution in [2.75, 3.05) is 5.32 Å². The van der Waals surface area contributed by atoms with Crippen LogP contribution >= 0.6 is 0 Å². The second kappa shape index (κ2) is 5.57. The van der Waals surface area contributed by atoms with E-state index in [2.05, 4.69) is 5.32 Å². The maximum Gasteiger partial charge on any atom is 0.256 e. The normalized spacial score (nSPS) is 10.1. The van der Waals surface area contributed by atoms with E-state index >= 15 is 0 Å². The molecule has 0 aromatic heterocycles. The largest absolute Gasteiger partial charge is 0.545 e. The number of aryl methyl sites for hydroxylation is 2. The molecule has 102 valence electrons. The molecule has 0 spiro atoms. The van der Waals surface area contributed by atoms with Crippen LogP contribution in [0.4, 0.5) is 5.69 Å². The highest BCUT2D eigenvalue weighted by molar-refractivity contribution is 6.10. The molecule has 0 saturated carbocycles. The van der Waals surface area contributed by atoms with Gasteiger partial charge < -0.3 is 15.2 Å². The molecule has 2 aromatic rings. The zero-order valence-electron chi connectivity index (χ0n) is 11.3. The Hall–Kier alpha value is -2.62. The molecule has 0 aliphatic carbocycles. The Labute approximate surface area is 117 Å². The lowest BCUT2D eigenvalue weighted by Crippen LogP contribution is -2.26. The van der Waals surface area contributed by atoms with E-state index in [1.54, 1.807) is 18.2 Å². The number of carbonyl (C=O) groups is 2. The molecule has 1 N–H and O–H groups in total. The molecule has 1 amide bonds. The Morgan fingerprint density at radius 1 is 0.950 bits per heavy atom. The molecular weight excluding hydrogens is 254 g/mol. The number of amides is 1. The lowest BCUT2D eigenvalue weighted by molar-refractivity contribution is -0.255. The minimum absolute atomic E-state index is 0.0886. The van der Waals surface area contributed by atoms with E-state index in [1.165, 1.54) is 12.1 Å². The van der Waals surface area contributed by atoms with Crippen molar-refractivity contribution in [3.63, 3.8) is 0 Å². The topological polar surface area (TPSA) is 69.2 Å². The first kappa shape index (κ1) is 13.8. The maximum absolute atomic E-state index is 12.1. The van der Waals surface area contributed by atoms with E-state index in [9.17, 15) is 14.7 Å². The molecule has 4 nitrogen and oxygen atoms in total. The van der Waals surface area contributed by atoms with Crippen LogP contribution in [-0.4, -0.2) is 11.9 Å². The fraction of sp³-hybridized carbons (Fsp3) is 0.125. The summed E-state index contributed by atoms with van der Waals surface area (Å²) in [5.41, 5.74) is 2.78. The molecule has 2 aromatic carbocycles. The number of carbonyl (C=O) groups excluding carboxylic acids is 2. The van der Waals surface area contributed by atoms with Gasteiger partial charge in [0.25, 0.3) is 5.91 Å². The Kier molecular flexibility index (Phi) is 3.84. The van der Waals surface area contributed by atoms with Gasteiger partial charge in [0, 0.05) is 16.8 Å². The van der Waals surface area contributed by atoms with E-state index in [0.29, 0.717) is 5.69 Å². The summed E-state index contributed by atoms with van der Waals surface area (Å²) in [5, 5.41) is 13.7. The first-order chi connectivity index (χ1) is 9.49. The van der Waals surface area contributed by atoms with Gasteiger partial charge in [-0.1, -0.05) is 24.3 Å². The van der Waals surface area contributed by atoms with Gasteiger partial charge >= 0.3 is 0 Å². The van der Waals surface area contributed by atoms with Crippen LogP contribution in [0, 0.1) is 13.8 Å². The molecule has 0 fully saturated rings. The summed E-state index contributed by atoms with van der Waals surface area (Å²) in [4.78, 5) is 23.1. The highest BCUT2D eigenvalue weighted by Gasteiger charge is 2.11. The first-order valence-corrected chi connectivity index (χ1v) is 6.18. The maximum atomic E-state index is 12.1.